The van der Waals surface area contributed by atoms with Gasteiger partial charge in [-0.2, -0.15) is 0 Å². The van der Waals surface area contributed by atoms with Gasteiger partial charge >= 0.3 is 5.69 Å². The third-order valence-electron chi connectivity index (χ3n) is 5.87. The number of H-pyrrole nitrogens is 1. The minimum absolute atomic E-state index is 0.364. The lowest BCUT2D eigenvalue weighted by atomic mass is 10.0. The first-order valence-corrected chi connectivity index (χ1v) is 10.8. The van der Waals surface area contributed by atoms with Crippen molar-refractivity contribution in [2.75, 3.05) is 0 Å². The summed E-state index contributed by atoms with van der Waals surface area (Å²) in [5.74, 6) is 0.928. The van der Waals surface area contributed by atoms with E-state index >= 15 is 0 Å². The highest BCUT2D eigenvalue weighted by atomic mass is 16.4. The predicted octanol–water partition coefficient (Wildman–Crippen LogP) is 4.86. The van der Waals surface area contributed by atoms with E-state index in [1.807, 2.05) is 72.8 Å². The summed E-state index contributed by atoms with van der Waals surface area (Å²) in [6.45, 7) is 1.74. The van der Waals surface area contributed by atoms with Gasteiger partial charge in [0.25, 0.3) is 5.56 Å². The fourth-order valence-corrected chi connectivity index (χ4v) is 4.26. The quantitative estimate of drug-likeness (QED) is 0.419. The summed E-state index contributed by atoms with van der Waals surface area (Å²) in [6.07, 6.45) is 0. The molecule has 0 saturated heterocycles. The van der Waals surface area contributed by atoms with Gasteiger partial charge in [-0.05, 0) is 46.8 Å². The SMILES string of the molecule is Cc1nnc(-c2cccc(-c3ccc4c(=O)n(-c5cccc6ccccc56)c(=O)[nH]c4c3)c2)o1. The Morgan fingerprint density at radius 2 is 1.53 bits per heavy atom. The molecule has 0 radical (unpaired) electrons. The van der Waals surface area contributed by atoms with E-state index in [1.54, 1.807) is 19.1 Å². The highest BCUT2D eigenvalue weighted by Crippen LogP contribution is 2.27. The molecule has 0 saturated carbocycles. The summed E-state index contributed by atoms with van der Waals surface area (Å²) in [5.41, 5.74) is 2.72. The van der Waals surface area contributed by atoms with Crippen LogP contribution in [0, 0.1) is 6.92 Å². The molecule has 164 valence electrons. The lowest BCUT2D eigenvalue weighted by molar-refractivity contribution is 0.533. The minimum atomic E-state index is -0.485. The lowest BCUT2D eigenvalue weighted by Crippen LogP contribution is -2.33. The van der Waals surface area contributed by atoms with Crippen LogP contribution in [0.15, 0.2) is 98.9 Å². The average Bonchev–Trinajstić information content (AvgIpc) is 3.30. The van der Waals surface area contributed by atoms with Crippen LogP contribution in [0.3, 0.4) is 0 Å². The largest absolute Gasteiger partial charge is 0.421 e. The van der Waals surface area contributed by atoms with Gasteiger partial charge in [0.05, 0.1) is 16.6 Å². The van der Waals surface area contributed by atoms with Crippen LogP contribution in [0.5, 0.6) is 0 Å². The van der Waals surface area contributed by atoms with E-state index in [9.17, 15) is 9.59 Å². The number of nitrogens with zero attached hydrogens (tertiary/aromatic N) is 3. The molecule has 34 heavy (non-hydrogen) atoms. The molecule has 7 nitrogen and oxygen atoms in total. The number of nitrogens with one attached hydrogen (secondary N) is 1. The van der Waals surface area contributed by atoms with Gasteiger partial charge in [0, 0.05) is 17.9 Å². The second-order valence-corrected chi connectivity index (χ2v) is 8.04. The molecule has 4 aromatic carbocycles. The van der Waals surface area contributed by atoms with E-state index in [1.165, 1.54) is 4.57 Å². The summed E-state index contributed by atoms with van der Waals surface area (Å²) in [4.78, 5) is 29.4. The molecule has 2 heterocycles. The van der Waals surface area contributed by atoms with Crippen molar-refractivity contribution in [2.45, 2.75) is 6.92 Å². The van der Waals surface area contributed by atoms with Gasteiger partial charge in [-0.1, -0.05) is 54.6 Å². The maximum absolute atomic E-state index is 13.4. The maximum Gasteiger partial charge on any atom is 0.333 e. The standard InChI is InChI=1S/C27H18N4O3/c1-16-29-30-25(34-16)20-9-4-8-18(14-20)19-12-13-22-23(15-19)28-27(33)31(26(22)32)24-11-5-7-17-6-2-3-10-21(17)24/h2-15H,1H3,(H,28,33). The number of hydrogen-bond donors (Lipinski definition) is 1. The fourth-order valence-electron chi connectivity index (χ4n) is 4.26. The zero-order valence-corrected chi connectivity index (χ0v) is 18.1. The van der Waals surface area contributed by atoms with Gasteiger partial charge in [0.1, 0.15) is 0 Å². The first-order valence-electron chi connectivity index (χ1n) is 10.8. The lowest BCUT2D eigenvalue weighted by Gasteiger charge is -2.11. The monoisotopic (exact) mass is 446 g/mol. The van der Waals surface area contributed by atoms with Crippen LogP contribution in [0.2, 0.25) is 0 Å². The van der Waals surface area contributed by atoms with E-state index in [4.69, 9.17) is 4.42 Å². The molecular formula is C27H18N4O3. The fraction of sp³-hybridized carbons (Fsp3) is 0.0370. The highest BCUT2D eigenvalue weighted by Gasteiger charge is 2.13. The molecule has 2 aromatic heterocycles. The molecule has 6 rings (SSSR count). The van der Waals surface area contributed by atoms with Crippen molar-refractivity contribution in [3.8, 4) is 28.3 Å². The molecule has 0 aliphatic rings. The molecule has 0 aliphatic heterocycles. The van der Waals surface area contributed by atoms with Crippen molar-refractivity contribution in [1.82, 2.24) is 19.7 Å². The number of hydrogen-bond acceptors (Lipinski definition) is 5. The average molecular weight is 446 g/mol. The predicted molar refractivity (Wildman–Crippen MR) is 131 cm³/mol. The van der Waals surface area contributed by atoms with Crippen LogP contribution >= 0.6 is 0 Å². The molecule has 0 fully saturated rings. The van der Waals surface area contributed by atoms with E-state index < -0.39 is 5.69 Å². The van der Waals surface area contributed by atoms with Crippen LogP contribution in [-0.2, 0) is 0 Å². The minimum Gasteiger partial charge on any atom is -0.421 e. The van der Waals surface area contributed by atoms with Crippen LogP contribution in [-0.4, -0.2) is 19.7 Å². The molecule has 0 aliphatic carbocycles. The van der Waals surface area contributed by atoms with Crippen molar-refractivity contribution in [1.29, 1.82) is 0 Å². The van der Waals surface area contributed by atoms with Gasteiger partial charge in [0.2, 0.25) is 11.8 Å². The molecule has 6 aromatic rings. The van der Waals surface area contributed by atoms with Crippen LogP contribution in [0.1, 0.15) is 5.89 Å². The van der Waals surface area contributed by atoms with Crippen molar-refractivity contribution in [3.05, 3.63) is 112 Å². The Morgan fingerprint density at radius 3 is 2.38 bits per heavy atom. The molecular weight excluding hydrogens is 428 g/mol. The van der Waals surface area contributed by atoms with Crippen molar-refractivity contribution >= 4 is 21.7 Å². The third-order valence-corrected chi connectivity index (χ3v) is 5.87. The number of benzene rings is 4. The number of aromatic amines is 1. The summed E-state index contributed by atoms with van der Waals surface area (Å²) < 4.78 is 6.73. The van der Waals surface area contributed by atoms with E-state index in [2.05, 4.69) is 15.2 Å². The van der Waals surface area contributed by atoms with Crippen molar-refractivity contribution in [2.24, 2.45) is 0 Å². The summed E-state index contributed by atoms with van der Waals surface area (Å²) in [6, 6.07) is 26.3. The number of rotatable bonds is 3. The normalized spacial score (nSPS) is 11.3. The Balaban J connectivity index is 1.50. The summed E-state index contributed by atoms with van der Waals surface area (Å²) in [5, 5.41) is 10.2. The van der Waals surface area contributed by atoms with E-state index in [0.29, 0.717) is 28.4 Å². The van der Waals surface area contributed by atoms with Crippen LogP contribution in [0.25, 0.3) is 49.9 Å². The molecule has 0 unspecified atom stereocenters. The molecule has 0 bridgehead atoms. The second kappa shape index (κ2) is 7.67. The molecule has 0 spiro atoms. The first-order chi connectivity index (χ1) is 16.6. The third kappa shape index (κ3) is 3.22. The Hall–Kier alpha value is -4.78. The zero-order chi connectivity index (χ0) is 23.2. The van der Waals surface area contributed by atoms with Gasteiger partial charge in [-0.25, -0.2) is 9.36 Å². The van der Waals surface area contributed by atoms with Gasteiger partial charge in [-0.15, -0.1) is 10.2 Å². The van der Waals surface area contributed by atoms with Crippen LogP contribution in [0.4, 0.5) is 0 Å². The Morgan fingerprint density at radius 1 is 0.765 bits per heavy atom. The zero-order valence-electron chi connectivity index (χ0n) is 18.1. The Kier molecular flexibility index (Phi) is 4.48. The molecule has 0 atom stereocenters. The maximum atomic E-state index is 13.4. The molecule has 7 heteroatoms. The highest BCUT2D eigenvalue weighted by molar-refractivity contribution is 5.91. The number of fused-ring (bicyclic) bond motifs is 2. The number of aryl methyl sites for hydroxylation is 1. The van der Waals surface area contributed by atoms with Gasteiger partial charge < -0.3 is 9.40 Å². The Bertz CT molecular complexity index is 1820. The first kappa shape index (κ1) is 19.9. The van der Waals surface area contributed by atoms with E-state index in [-0.39, 0.29) is 5.56 Å². The molecule has 0 amide bonds. The van der Waals surface area contributed by atoms with Gasteiger partial charge in [0.15, 0.2) is 0 Å². The molecule has 1 N–H and O–H groups in total. The van der Waals surface area contributed by atoms with Crippen molar-refractivity contribution < 1.29 is 4.42 Å². The second-order valence-electron chi connectivity index (χ2n) is 8.04. The topological polar surface area (TPSA) is 93.8 Å². The summed E-state index contributed by atoms with van der Waals surface area (Å²) in [7, 11) is 0. The Labute approximate surface area is 193 Å². The van der Waals surface area contributed by atoms with Crippen LogP contribution < -0.4 is 11.2 Å². The van der Waals surface area contributed by atoms with E-state index in [0.717, 1.165) is 27.5 Å². The van der Waals surface area contributed by atoms with Crippen molar-refractivity contribution in [3.63, 3.8) is 0 Å². The summed E-state index contributed by atoms with van der Waals surface area (Å²) >= 11 is 0. The smallest absolute Gasteiger partial charge is 0.333 e. The number of aromatic nitrogens is 4. The van der Waals surface area contributed by atoms with Gasteiger partial charge in [-0.3, -0.25) is 4.79 Å².